The van der Waals surface area contributed by atoms with Crippen LogP contribution in [0.3, 0.4) is 0 Å². The van der Waals surface area contributed by atoms with Crippen molar-refractivity contribution < 1.29 is 21.6 Å². The monoisotopic (exact) mass is 631 g/mol. The van der Waals surface area contributed by atoms with Gasteiger partial charge >= 0.3 is 0 Å². The first-order valence-electron chi connectivity index (χ1n) is 13.3. The number of sulfonamides is 2. The van der Waals surface area contributed by atoms with E-state index in [9.17, 15) is 21.6 Å². The molecule has 0 bridgehead atoms. The molecule has 0 aliphatic heterocycles. The number of fused-ring (bicyclic) bond motifs is 1. The molecule has 0 aliphatic rings. The van der Waals surface area contributed by atoms with Gasteiger partial charge in [-0.15, -0.1) is 11.8 Å². The Bertz CT molecular complexity index is 1970. The normalized spacial score (nSPS) is 11.7. The predicted molar refractivity (Wildman–Crippen MR) is 174 cm³/mol. The molecule has 0 saturated heterocycles. The number of nitrogens with one attached hydrogen (secondary N) is 2. The van der Waals surface area contributed by atoms with Crippen LogP contribution in [0.2, 0.25) is 0 Å². The highest BCUT2D eigenvalue weighted by Gasteiger charge is 2.24. The fourth-order valence-corrected chi connectivity index (χ4v) is 7.55. The van der Waals surface area contributed by atoms with E-state index in [4.69, 9.17) is 0 Å². The van der Waals surface area contributed by atoms with Crippen molar-refractivity contribution >= 4 is 65.6 Å². The van der Waals surface area contributed by atoms with Crippen molar-refractivity contribution in [2.45, 2.75) is 21.6 Å². The Kier molecular flexibility index (Phi) is 8.77. The van der Waals surface area contributed by atoms with Crippen LogP contribution in [0.1, 0.15) is 17.3 Å². The molecule has 43 heavy (non-hydrogen) atoms. The Morgan fingerprint density at radius 3 is 2.02 bits per heavy atom. The van der Waals surface area contributed by atoms with E-state index < -0.39 is 26.0 Å². The molecular formula is C32H29N3O5S3. The molecule has 0 unspecified atom stereocenters. The molecule has 5 aromatic rings. The molecule has 0 spiro atoms. The van der Waals surface area contributed by atoms with Crippen LogP contribution in [-0.2, 0) is 20.0 Å². The Morgan fingerprint density at radius 1 is 0.744 bits per heavy atom. The number of hydrogen-bond acceptors (Lipinski definition) is 6. The van der Waals surface area contributed by atoms with Gasteiger partial charge in [0.15, 0.2) is 0 Å². The summed E-state index contributed by atoms with van der Waals surface area (Å²) >= 11 is 1.53. The van der Waals surface area contributed by atoms with Crippen molar-refractivity contribution in [2.24, 2.45) is 0 Å². The average molecular weight is 632 g/mol. The molecule has 5 rings (SSSR count). The van der Waals surface area contributed by atoms with Gasteiger partial charge in [0.1, 0.15) is 0 Å². The largest absolute Gasteiger partial charge is 0.322 e. The number of thioether (sulfide) groups is 1. The molecule has 0 saturated carbocycles. The highest BCUT2D eigenvalue weighted by molar-refractivity contribution is 7.98. The van der Waals surface area contributed by atoms with Crippen LogP contribution in [0.5, 0.6) is 0 Å². The zero-order valence-electron chi connectivity index (χ0n) is 23.4. The zero-order chi connectivity index (χ0) is 30.6. The maximum atomic E-state index is 13.3. The lowest BCUT2D eigenvalue weighted by atomic mass is 10.1. The number of benzene rings is 5. The van der Waals surface area contributed by atoms with Gasteiger partial charge in [-0.1, -0.05) is 36.4 Å². The summed E-state index contributed by atoms with van der Waals surface area (Å²) in [6, 6.07) is 31.7. The summed E-state index contributed by atoms with van der Waals surface area (Å²) in [5, 5.41) is 4.45. The van der Waals surface area contributed by atoms with Crippen LogP contribution in [0.25, 0.3) is 10.8 Å². The van der Waals surface area contributed by atoms with Gasteiger partial charge in [0.2, 0.25) is 0 Å². The van der Waals surface area contributed by atoms with Crippen molar-refractivity contribution in [3.05, 3.63) is 121 Å². The molecule has 0 aliphatic carbocycles. The van der Waals surface area contributed by atoms with Crippen molar-refractivity contribution in [1.82, 2.24) is 0 Å². The van der Waals surface area contributed by atoms with Crippen LogP contribution < -0.4 is 14.3 Å². The lowest BCUT2D eigenvalue weighted by Crippen LogP contribution is -2.30. The van der Waals surface area contributed by atoms with E-state index in [1.807, 2.05) is 36.6 Å². The first-order valence-corrected chi connectivity index (χ1v) is 17.5. The standard InChI is InChI=1S/C32H29N3O5S3/c1-3-35(43(39,40)29-21-17-27(41-2)18-22-29)26-15-11-24(12-16-26)32(36)33-25-13-19-28(20-14-25)42(37,38)34-31-10-6-8-23-7-4-5-9-30(23)31/h4-22,34H,3H2,1-2H3,(H,33,36). The topological polar surface area (TPSA) is 113 Å². The summed E-state index contributed by atoms with van der Waals surface area (Å²) in [5.41, 5.74) is 1.63. The van der Waals surface area contributed by atoms with Gasteiger partial charge in [0.05, 0.1) is 21.2 Å². The fourth-order valence-electron chi connectivity index (χ4n) is 4.58. The minimum absolute atomic E-state index is 0.0479. The van der Waals surface area contributed by atoms with Gasteiger partial charge in [-0.2, -0.15) is 0 Å². The smallest absolute Gasteiger partial charge is 0.264 e. The third-order valence-corrected chi connectivity index (χ3v) is 10.9. The third kappa shape index (κ3) is 6.53. The third-order valence-electron chi connectivity index (χ3n) is 6.81. The zero-order valence-corrected chi connectivity index (χ0v) is 25.8. The van der Waals surface area contributed by atoms with E-state index in [2.05, 4.69) is 10.0 Å². The Morgan fingerprint density at radius 2 is 1.37 bits per heavy atom. The second-order valence-electron chi connectivity index (χ2n) is 9.50. The highest BCUT2D eigenvalue weighted by atomic mass is 32.2. The van der Waals surface area contributed by atoms with Crippen LogP contribution >= 0.6 is 11.8 Å². The van der Waals surface area contributed by atoms with Crippen molar-refractivity contribution in [3.8, 4) is 0 Å². The molecular weight excluding hydrogens is 603 g/mol. The Balaban J connectivity index is 1.27. The van der Waals surface area contributed by atoms with Crippen LogP contribution in [-0.4, -0.2) is 35.5 Å². The van der Waals surface area contributed by atoms with E-state index in [-0.39, 0.29) is 16.3 Å². The minimum atomic E-state index is -3.87. The number of hydrogen-bond donors (Lipinski definition) is 2. The number of amides is 1. The van der Waals surface area contributed by atoms with Gasteiger partial charge in [-0.25, -0.2) is 16.8 Å². The molecule has 0 radical (unpaired) electrons. The maximum Gasteiger partial charge on any atom is 0.264 e. The van der Waals surface area contributed by atoms with Crippen LogP contribution in [0.4, 0.5) is 17.1 Å². The van der Waals surface area contributed by atoms with Gasteiger partial charge in [-0.3, -0.25) is 13.8 Å². The van der Waals surface area contributed by atoms with Gasteiger partial charge in [-0.05, 0) is 97.4 Å². The quantitative estimate of drug-likeness (QED) is 0.163. The summed E-state index contributed by atoms with van der Waals surface area (Å²) in [6.45, 7) is 1.96. The predicted octanol–water partition coefficient (Wildman–Crippen LogP) is 6.83. The highest BCUT2D eigenvalue weighted by Crippen LogP contribution is 2.28. The minimum Gasteiger partial charge on any atom is -0.322 e. The van der Waals surface area contributed by atoms with E-state index in [0.29, 0.717) is 22.6 Å². The fraction of sp³-hybridized carbons (Fsp3) is 0.0938. The summed E-state index contributed by atoms with van der Waals surface area (Å²) in [4.78, 5) is 14.1. The second kappa shape index (κ2) is 12.5. The van der Waals surface area contributed by atoms with Crippen LogP contribution in [0.15, 0.2) is 130 Å². The summed E-state index contributed by atoms with van der Waals surface area (Å²) in [5.74, 6) is -0.422. The first kappa shape index (κ1) is 30.1. The Hall–Kier alpha value is -4.32. The second-order valence-corrected chi connectivity index (χ2v) is 13.9. The average Bonchev–Trinajstić information content (AvgIpc) is 3.02. The Labute approximate surface area is 255 Å². The lowest BCUT2D eigenvalue weighted by Gasteiger charge is -2.23. The molecule has 1 amide bonds. The van der Waals surface area contributed by atoms with Crippen molar-refractivity contribution in [2.75, 3.05) is 27.1 Å². The molecule has 0 atom stereocenters. The molecule has 5 aromatic carbocycles. The summed E-state index contributed by atoms with van der Waals surface area (Å²) in [7, 11) is -7.66. The number of anilines is 3. The summed E-state index contributed by atoms with van der Waals surface area (Å²) in [6.07, 6.45) is 1.92. The van der Waals surface area contributed by atoms with Crippen LogP contribution in [0, 0.1) is 0 Å². The van der Waals surface area contributed by atoms with E-state index >= 15 is 0 Å². The van der Waals surface area contributed by atoms with E-state index in [1.54, 1.807) is 67.6 Å². The molecule has 8 nitrogen and oxygen atoms in total. The molecule has 0 aromatic heterocycles. The van der Waals surface area contributed by atoms with Crippen molar-refractivity contribution in [1.29, 1.82) is 0 Å². The first-order chi connectivity index (χ1) is 20.6. The number of rotatable bonds is 10. The number of carbonyl (C=O) groups excluding carboxylic acids is 1. The van der Waals surface area contributed by atoms with E-state index in [1.165, 1.54) is 40.3 Å². The molecule has 0 heterocycles. The van der Waals surface area contributed by atoms with Gasteiger partial charge in [0.25, 0.3) is 26.0 Å². The molecule has 11 heteroatoms. The summed E-state index contributed by atoms with van der Waals surface area (Å²) < 4.78 is 56.6. The molecule has 2 N–H and O–H groups in total. The van der Waals surface area contributed by atoms with E-state index in [0.717, 1.165) is 15.7 Å². The van der Waals surface area contributed by atoms with Gasteiger partial charge in [0, 0.05) is 28.1 Å². The molecule has 220 valence electrons. The molecule has 0 fully saturated rings. The lowest BCUT2D eigenvalue weighted by molar-refractivity contribution is 0.102. The maximum absolute atomic E-state index is 13.3. The SMILES string of the molecule is CCN(c1ccc(C(=O)Nc2ccc(S(=O)(=O)Nc3cccc4ccccc34)cc2)cc1)S(=O)(=O)c1ccc(SC)cc1. The number of carbonyl (C=O) groups is 1. The number of nitrogens with zero attached hydrogens (tertiary/aromatic N) is 1. The van der Waals surface area contributed by atoms with Gasteiger partial charge < -0.3 is 5.32 Å². The van der Waals surface area contributed by atoms with Crippen molar-refractivity contribution in [3.63, 3.8) is 0 Å².